The summed E-state index contributed by atoms with van der Waals surface area (Å²) in [5.74, 6) is 0.0480. The summed E-state index contributed by atoms with van der Waals surface area (Å²) >= 11 is 1.23. The van der Waals surface area contributed by atoms with Crippen molar-refractivity contribution in [3.63, 3.8) is 0 Å². The molecule has 0 aliphatic heterocycles. The van der Waals surface area contributed by atoms with E-state index in [1.807, 2.05) is 0 Å². The number of amides is 1. The summed E-state index contributed by atoms with van der Waals surface area (Å²) in [5, 5.41) is 11.7. The van der Waals surface area contributed by atoms with E-state index in [4.69, 9.17) is 9.88 Å². The van der Waals surface area contributed by atoms with E-state index in [1.165, 1.54) is 23.6 Å². The number of sulfonamides is 1. The Kier molecular flexibility index (Phi) is 5.53. The number of nitrogens with two attached hydrogens (primary N) is 1. The second-order valence-corrected chi connectivity index (χ2v) is 8.41. The molecule has 0 atom stereocenters. The van der Waals surface area contributed by atoms with Gasteiger partial charge in [0.05, 0.1) is 16.9 Å². The lowest BCUT2D eigenvalue weighted by Gasteiger charge is -2.08. The van der Waals surface area contributed by atoms with Crippen LogP contribution in [0, 0.1) is 13.8 Å². The van der Waals surface area contributed by atoms with Gasteiger partial charge in [-0.1, -0.05) is 11.3 Å². The maximum Gasteiger partial charge on any atom is 0.418 e. The Morgan fingerprint density at radius 2 is 2.00 bits per heavy atom. The van der Waals surface area contributed by atoms with E-state index in [0.717, 1.165) is 11.9 Å². The van der Waals surface area contributed by atoms with Gasteiger partial charge in [0.1, 0.15) is 4.90 Å². The van der Waals surface area contributed by atoms with Crippen molar-refractivity contribution < 1.29 is 17.9 Å². The van der Waals surface area contributed by atoms with Crippen LogP contribution in [0.2, 0.25) is 0 Å². The summed E-state index contributed by atoms with van der Waals surface area (Å²) in [6.07, 6.45) is 3.39. The van der Waals surface area contributed by atoms with Crippen LogP contribution in [-0.2, 0) is 10.0 Å². The van der Waals surface area contributed by atoms with E-state index in [9.17, 15) is 13.2 Å². The highest BCUT2D eigenvalue weighted by Crippen LogP contribution is 2.34. The van der Waals surface area contributed by atoms with Gasteiger partial charge in [-0.3, -0.25) is 15.3 Å². The van der Waals surface area contributed by atoms with Crippen LogP contribution in [0.1, 0.15) is 10.7 Å². The van der Waals surface area contributed by atoms with Crippen LogP contribution in [0.5, 0.6) is 5.88 Å². The number of hydrogen-bond donors (Lipinski definition) is 3. The van der Waals surface area contributed by atoms with E-state index in [0.29, 0.717) is 21.4 Å². The Balaban J connectivity index is 1.77. The first kappa shape index (κ1) is 19.7. The molecule has 10 nitrogen and oxygen atoms in total. The van der Waals surface area contributed by atoms with Crippen LogP contribution in [0.4, 0.5) is 21.2 Å². The minimum Gasteiger partial charge on any atom is -0.388 e. The number of aromatic nitrogens is 3. The van der Waals surface area contributed by atoms with Crippen LogP contribution in [0.3, 0.4) is 0 Å². The fourth-order valence-corrected chi connectivity index (χ4v) is 3.45. The third-order valence-electron chi connectivity index (χ3n) is 3.33. The predicted octanol–water partition coefficient (Wildman–Crippen LogP) is 2.55. The molecule has 0 aromatic carbocycles. The maximum absolute atomic E-state index is 12.2. The van der Waals surface area contributed by atoms with Gasteiger partial charge in [0.15, 0.2) is 5.00 Å². The Morgan fingerprint density at radius 3 is 2.71 bits per heavy atom. The number of anilines is 3. The molecule has 28 heavy (non-hydrogen) atoms. The number of ether oxygens (including phenoxy) is 1. The van der Waals surface area contributed by atoms with E-state index in [1.54, 1.807) is 32.2 Å². The molecule has 3 aromatic heterocycles. The van der Waals surface area contributed by atoms with Crippen molar-refractivity contribution in [2.24, 2.45) is 5.14 Å². The average Bonchev–Trinajstić information content (AvgIpc) is 2.93. The third-order valence-corrected chi connectivity index (χ3v) is 5.08. The number of hydrogen-bond acceptors (Lipinski definition) is 9. The molecule has 3 rings (SSSR count). The van der Waals surface area contributed by atoms with E-state index >= 15 is 0 Å². The van der Waals surface area contributed by atoms with Crippen molar-refractivity contribution in [3.05, 3.63) is 47.5 Å². The molecule has 3 heterocycles. The SMILES string of the molecule is Cc1cc(NC(=O)Oc2nc(C)sc2Nc2cncc(S(N)(=O)=O)c2)ccn1. The number of primary sulfonamides is 1. The standard InChI is InChI=1S/C16H16N6O4S2/c1-9-5-11(3-4-19-9)22-16(23)26-14-15(27-10(2)20-14)21-12-6-13(8-18-7-12)28(17,24)25/h3-8,21H,1-2H3,(H2,17,24,25)(H,19,22,23). The van der Waals surface area contributed by atoms with E-state index < -0.39 is 16.1 Å². The molecule has 0 spiro atoms. The molecule has 0 saturated carbocycles. The molecule has 0 aliphatic rings. The van der Waals surface area contributed by atoms with Crippen molar-refractivity contribution in [2.45, 2.75) is 18.7 Å². The lowest BCUT2D eigenvalue weighted by molar-refractivity contribution is 0.214. The molecule has 0 saturated heterocycles. The summed E-state index contributed by atoms with van der Waals surface area (Å²) in [6.45, 7) is 3.54. The monoisotopic (exact) mass is 420 g/mol. The van der Waals surface area contributed by atoms with Crippen LogP contribution in [0.15, 0.2) is 41.7 Å². The zero-order valence-corrected chi connectivity index (χ0v) is 16.5. The van der Waals surface area contributed by atoms with Crippen molar-refractivity contribution in [1.29, 1.82) is 0 Å². The number of nitrogens with zero attached hydrogens (tertiary/aromatic N) is 3. The van der Waals surface area contributed by atoms with Gasteiger partial charge in [0.25, 0.3) is 5.88 Å². The van der Waals surface area contributed by atoms with Crippen LogP contribution in [-0.4, -0.2) is 29.5 Å². The summed E-state index contributed by atoms with van der Waals surface area (Å²) in [4.78, 5) is 24.1. The smallest absolute Gasteiger partial charge is 0.388 e. The molecule has 0 unspecified atom stereocenters. The van der Waals surface area contributed by atoms with Gasteiger partial charge < -0.3 is 10.1 Å². The number of nitrogens with one attached hydrogen (secondary N) is 2. The maximum atomic E-state index is 12.2. The number of rotatable bonds is 5. The minimum atomic E-state index is -3.89. The van der Waals surface area contributed by atoms with Crippen LogP contribution >= 0.6 is 11.3 Å². The Labute approximate surface area is 164 Å². The van der Waals surface area contributed by atoms with Gasteiger partial charge in [-0.15, -0.1) is 0 Å². The first-order valence-corrected chi connectivity index (χ1v) is 10.2. The zero-order chi connectivity index (χ0) is 20.3. The van der Waals surface area contributed by atoms with Crippen molar-refractivity contribution >= 4 is 43.8 Å². The lowest BCUT2D eigenvalue weighted by Crippen LogP contribution is -2.17. The predicted molar refractivity (Wildman–Crippen MR) is 104 cm³/mol. The number of thiazole rings is 1. The van der Waals surface area contributed by atoms with Crippen LogP contribution in [0.25, 0.3) is 0 Å². The molecule has 0 aliphatic carbocycles. The Morgan fingerprint density at radius 1 is 1.21 bits per heavy atom. The van der Waals surface area contributed by atoms with Crippen molar-refractivity contribution in [3.8, 4) is 5.88 Å². The lowest BCUT2D eigenvalue weighted by atomic mass is 10.3. The highest BCUT2D eigenvalue weighted by atomic mass is 32.2. The summed E-state index contributed by atoms with van der Waals surface area (Å²) in [6, 6.07) is 4.64. The molecule has 1 amide bonds. The first-order chi connectivity index (χ1) is 13.2. The first-order valence-electron chi connectivity index (χ1n) is 7.84. The largest absolute Gasteiger partial charge is 0.418 e. The fraction of sp³-hybridized carbons (Fsp3) is 0.125. The van der Waals surface area contributed by atoms with E-state index in [2.05, 4.69) is 25.6 Å². The van der Waals surface area contributed by atoms with Crippen molar-refractivity contribution in [2.75, 3.05) is 10.6 Å². The van der Waals surface area contributed by atoms with Gasteiger partial charge in [0.2, 0.25) is 10.0 Å². The molecular weight excluding hydrogens is 404 g/mol. The van der Waals surface area contributed by atoms with Gasteiger partial charge in [-0.05, 0) is 32.0 Å². The normalized spacial score (nSPS) is 11.1. The van der Waals surface area contributed by atoms with Crippen molar-refractivity contribution in [1.82, 2.24) is 15.0 Å². The number of pyridine rings is 2. The van der Waals surface area contributed by atoms with Gasteiger partial charge in [0, 0.05) is 23.8 Å². The Bertz CT molecular complexity index is 1130. The molecular formula is C16H16N6O4S2. The molecule has 0 bridgehead atoms. The van der Waals surface area contributed by atoms with Crippen LogP contribution < -0.4 is 20.5 Å². The highest BCUT2D eigenvalue weighted by molar-refractivity contribution is 7.89. The summed E-state index contributed by atoms with van der Waals surface area (Å²) in [5.41, 5.74) is 1.63. The molecule has 0 radical (unpaired) electrons. The van der Waals surface area contributed by atoms with E-state index in [-0.39, 0.29) is 10.8 Å². The topological polar surface area (TPSA) is 149 Å². The zero-order valence-electron chi connectivity index (χ0n) is 14.8. The minimum absolute atomic E-state index is 0.0480. The fourth-order valence-electron chi connectivity index (χ4n) is 2.18. The molecule has 0 fully saturated rings. The molecule has 146 valence electrons. The summed E-state index contributed by atoms with van der Waals surface area (Å²) in [7, 11) is -3.89. The number of carbonyl (C=O) groups excluding carboxylic acids is 1. The quantitative estimate of drug-likeness (QED) is 0.570. The Hall–Kier alpha value is -3.09. The van der Waals surface area contributed by atoms with Gasteiger partial charge in [-0.25, -0.2) is 23.3 Å². The second-order valence-electron chi connectivity index (χ2n) is 5.65. The van der Waals surface area contributed by atoms with Gasteiger partial charge >= 0.3 is 6.09 Å². The molecule has 4 N–H and O–H groups in total. The second kappa shape index (κ2) is 7.88. The highest BCUT2D eigenvalue weighted by Gasteiger charge is 2.16. The van der Waals surface area contributed by atoms with Gasteiger partial charge in [-0.2, -0.15) is 0 Å². The number of carbonyl (C=O) groups is 1. The molecule has 12 heteroatoms. The molecule has 3 aromatic rings. The number of aryl methyl sites for hydroxylation is 2. The third kappa shape index (κ3) is 5.00. The average molecular weight is 420 g/mol. The summed E-state index contributed by atoms with van der Waals surface area (Å²) < 4.78 is 28.2.